The van der Waals surface area contributed by atoms with E-state index < -0.39 is 0 Å². The summed E-state index contributed by atoms with van der Waals surface area (Å²) in [5, 5.41) is 4.13. The van der Waals surface area contributed by atoms with E-state index in [1.807, 2.05) is 41.3 Å². The Kier molecular flexibility index (Phi) is 5.10. The molecule has 2 heterocycles. The van der Waals surface area contributed by atoms with Crippen molar-refractivity contribution in [3.63, 3.8) is 0 Å². The van der Waals surface area contributed by atoms with Crippen LogP contribution in [0.15, 0.2) is 53.1 Å². The molecule has 4 rings (SSSR count). The first kappa shape index (κ1) is 18.2. The lowest BCUT2D eigenvalue weighted by Gasteiger charge is -2.16. The van der Waals surface area contributed by atoms with Gasteiger partial charge < -0.3 is 14.2 Å². The minimum Gasteiger partial charge on any atom is -0.497 e. The first-order chi connectivity index (χ1) is 13.7. The van der Waals surface area contributed by atoms with Gasteiger partial charge in [-0.05, 0) is 41.8 Å². The van der Waals surface area contributed by atoms with Gasteiger partial charge in [0.05, 0.1) is 7.11 Å². The zero-order valence-electron chi connectivity index (χ0n) is 16.1. The summed E-state index contributed by atoms with van der Waals surface area (Å²) < 4.78 is 10.6. The lowest BCUT2D eigenvalue weighted by atomic mass is 10.1. The fourth-order valence-corrected chi connectivity index (χ4v) is 3.45. The molecule has 28 heavy (non-hydrogen) atoms. The standard InChI is InChI=1S/C22H23N3O3/c1-3-15-4-8-17(9-5-15)22-23-21(24-28-22)18-12-20(26)25(14-18)13-16-6-10-19(27-2)11-7-16/h4-11,18H,3,12-14H2,1-2H3. The molecule has 144 valence electrons. The highest BCUT2D eigenvalue weighted by Crippen LogP contribution is 2.29. The number of carbonyl (C=O) groups excluding carboxylic acids is 1. The SMILES string of the molecule is CCc1ccc(-c2nc(C3CC(=O)N(Cc4ccc(OC)cc4)C3)no2)cc1. The van der Waals surface area contributed by atoms with Gasteiger partial charge in [-0.2, -0.15) is 4.98 Å². The zero-order chi connectivity index (χ0) is 19.5. The van der Waals surface area contributed by atoms with Crippen LogP contribution in [0.1, 0.15) is 36.2 Å². The Labute approximate surface area is 164 Å². The van der Waals surface area contributed by atoms with Crippen molar-refractivity contribution in [1.29, 1.82) is 0 Å². The van der Waals surface area contributed by atoms with E-state index in [-0.39, 0.29) is 11.8 Å². The number of aromatic nitrogens is 2. The molecule has 1 aromatic heterocycles. The van der Waals surface area contributed by atoms with Crippen LogP contribution >= 0.6 is 0 Å². The number of hydrogen-bond acceptors (Lipinski definition) is 5. The number of methoxy groups -OCH3 is 1. The second kappa shape index (κ2) is 7.84. The second-order valence-electron chi connectivity index (χ2n) is 7.03. The molecule has 0 radical (unpaired) electrons. The summed E-state index contributed by atoms with van der Waals surface area (Å²) >= 11 is 0. The van der Waals surface area contributed by atoms with Crippen molar-refractivity contribution in [3.8, 4) is 17.2 Å². The number of carbonyl (C=O) groups is 1. The van der Waals surface area contributed by atoms with E-state index in [0.29, 0.717) is 31.2 Å². The third-order valence-electron chi connectivity index (χ3n) is 5.16. The zero-order valence-corrected chi connectivity index (χ0v) is 16.1. The summed E-state index contributed by atoms with van der Waals surface area (Å²) in [4.78, 5) is 18.8. The summed E-state index contributed by atoms with van der Waals surface area (Å²) in [6.07, 6.45) is 1.40. The quantitative estimate of drug-likeness (QED) is 0.653. The number of rotatable bonds is 6. The van der Waals surface area contributed by atoms with Crippen LogP contribution in [0.3, 0.4) is 0 Å². The molecule has 1 amide bonds. The lowest BCUT2D eigenvalue weighted by molar-refractivity contribution is -0.128. The van der Waals surface area contributed by atoms with Gasteiger partial charge in [-0.3, -0.25) is 4.79 Å². The minimum absolute atomic E-state index is 0.0434. The van der Waals surface area contributed by atoms with Crippen molar-refractivity contribution in [1.82, 2.24) is 15.0 Å². The van der Waals surface area contributed by atoms with Gasteiger partial charge in [0.2, 0.25) is 5.91 Å². The van der Waals surface area contributed by atoms with Gasteiger partial charge in [0.15, 0.2) is 5.82 Å². The predicted octanol–water partition coefficient (Wildman–Crippen LogP) is 3.82. The summed E-state index contributed by atoms with van der Waals surface area (Å²) in [5.41, 5.74) is 3.23. The van der Waals surface area contributed by atoms with Crippen LogP contribution in [0.25, 0.3) is 11.5 Å². The van der Waals surface area contributed by atoms with Crippen LogP contribution in [0.2, 0.25) is 0 Å². The molecule has 0 saturated carbocycles. The number of ether oxygens (including phenoxy) is 1. The Balaban J connectivity index is 1.44. The Bertz CT molecular complexity index is 948. The van der Waals surface area contributed by atoms with Gasteiger partial charge in [0.1, 0.15) is 5.75 Å². The molecule has 0 bridgehead atoms. The van der Waals surface area contributed by atoms with Gasteiger partial charge in [0.25, 0.3) is 5.89 Å². The maximum atomic E-state index is 12.4. The monoisotopic (exact) mass is 377 g/mol. The van der Waals surface area contributed by atoms with Crippen LogP contribution in [-0.4, -0.2) is 34.6 Å². The molecule has 1 saturated heterocycles. The van der Waals surface area contributed by atoms with Gasteiger partial charge in [-0.15, -0.1) is 0 Å². The molecular weight excluding hydrogens is 354 g/mol. The highest BCUT2D eigenvalue weighted by molar-refractivity contribution is 5.79. The van der Waals surface area contributed by atoms with Crippen molar-refractivity contribution >= 4 is 5.91 Å². The molecule has 6 heteroatoms. The number of aryl methyl sites for hydroxylation is 1. The highest BCUT2D eigenvalue weighted by Gasteiger charge is 2.33. The van der Waals surface area contributed by atoms with E-state index in [4.69, 9.17) is 9.26 Å². The smallest absolute Gasteiger partial charge is 0.257 e. The lowest BCUT2D eigenvalue weighted by Crippen LogP contribution is -2.24. The number of benzene rings is 2. The van der Waals surface area contributed by atoms with Gasteiger partial charge >= 0.3 is 0 Å². The number of hydrogen-bond donors (Lipinski definition) is 0. The van der Waals surface area contributed by atoms with Crippen LogP contribution < -0.4 is 4.74 Å². The molecule has 1 atom stereocenters. The third-order valence-corrected chi connectivity index (χ3v) is 5.16. The van der Waals surface area contributed by atoms with Crippen LogP contribution in [0.5, 0.6) is 5.75 Å². The van der Waals surface area contributed by atoms with Crippen molar-refractivity contribution < 1.29 is 14.1 Å². The van der Waals surface area contributed by atoms with Gasteiger partial charge in [-0.1, -0.05) is 36.3 Å². The summed E-state index contributed by atoms with van der Waals surface area (Å²) in [6.45, 7) is 3.29. The van der Waals surface area contributed by atoms with Crippen LogP contribution in [0, 0.1) is 0 Å². The van der Waals surface area contributed by atoms with E-state index in [0.717, 1.165) is 23.3 Å². The van der Waals surface area contributed by atoms with E-state index in [2.05, 4.69) is 29.2 Å². The molecule has 1 aliphatic rings. The maximum absolute atomic E-state index is 12.4. The molecule has 0 spiro atoms. The number of amides is 1. The van der Waals surface area contributed by atoms with Crippen LogP contribution in [-0.2, 0) is 17.8 Å². The molecule has 1 fully saturated rings. The van der Waals surface area contributed by atoms with Crippen molar-refractivity contribution in [2.45, 2.75) is 32.2 Å². The summed E-state index contributed by atoms with van der Waals surface area (Å²) in [7, 11) is 1.64. The normalized spacial score (nSPS) is 16.6. The molecule has 3 aromatic rings. The molecule has 1 unspecified atom stereocenters. The van der Waals surface area contributed by atoms with E-state index in [9.17, 15) is 4.79 Å². The van der Waals surface area contributed by atoms with Crippen molar-refractivity contribution in [3.05, 3.63) is 65.5 Å². The fraction of sp³-hybridized carbons (Fsp3) is 0.318. The highest BCUT2D eigenvalue weighted by atomic mass is 16.5. The van der Waals surface area contributed by atoms with E-state index >= 15 is 0 Å². The van der Waals surface area contributed by atoms with Gasteiger partial charge in [0, 0.05) is 31.0 Å². The third kappa shape index (κ3) is 3.76. The first-order valence-corrected chi connectivity index (χ1v) is 9.50. The molecule has 0 N–H and O–H groups in total. The average molecular weight is 377 g/mol. The Morgan fingerprint density at radius 3 is 2.50 bits per heavy atom. The first-order valence-electron chi connectivity index (χ1n) is 9.50. The van der Waals surface area contributed by atoms with Crippen molar-refractivity contribution in [2.75, 3.05) is 13.7 Å². The molecule has 2 aromatic carbocycles. The summed E-state index contributed by atoms with van der Waals surface area (Å²) in [6, 6.07) is 15.9. The van der Waals surface area contributed by atoms with E-state index in [1.165, 1.54) is 5.56 Å². The topological polar surface area (TPSA) is 68.5 Å². The maximum Gasteiger partial charge on any atom is 0.257 e. The van der Waals surface area contributed by atoms with Crippen LogP contribution in [0.4, 0.5) is 0 Å². The second-order valence-corrected chi connectivity index (χ2v) is 7.03. The average Bonchev–Trinajstić information content (AvgIpc) is 3.36. The summed E-state index contributed by atoms with van der Waals surface area (Å²) in [5.74, 6) is 1.97. The molecule has 1 aliphatic heterocycles. The molecule has 6 nitrogen and oxygen atoms in total. The predicted molar refractivity (Wildman–Crippen MR) is 105 cm³/mol. The Morgan fingerprint density at radius 1 is 1.11 bits per heavy atom. The Hall–Kier alpha value is -3.15. The van der Waals surface area contributed by atoms with E-state index in [1.54, 1.807) is 7.11 Å². The number of nitrogens with zero attached hydrogens (tertiary/aromatic N) is 3. The number of likely N-dealkylation sites (tertiary alicyclic amines) is 1. The fourth-order valence-electron chi connectivity index (χ4n) is 3.45. The largest absolute Gasteiger partial charge is 0.497 e. The van der Waals surface area contributed by atoms with Crippen molar-refractivity contribution in [2.24, 2.45) is 0 Å². The Morgan fingerprint density at radius 2 is 1.82 bits per heavy atom. The molecular formula is C22H23N3O3. The minimum atomic E-state index is -0.0434. The van der Waals surface area contributed by atoms with Gasteiger partial charge in [-0.25, -0.2) is 0 Å². The molecule has 0 aliphatic carbocycles.